The van der Waals surface area contributed by atoms with E-state index in [2.05, 4.69) is 31.7 Å². The van der Waals surface area contributed by atoms with Gasteiger partial charge in [0.15, 0.2) is 0 Å². The summed E-state index contributed by atoms with van der Waals surface area (Å²) in [6, 6.07) is 10.4. The van der Waals surface area contributed by atoms with Crippen LogP contribution in [-0.4, -0.2) is 69.8 Å². The molecule has 0 radical (unpaired) electrons. The van der Waals surface area contributed by atoms with E-state index >= 15 is 4.39 Å². The first kappa shape index (κ1) is 29.2. The van der Waals surface area contributed by atoms with Crippen molar-refractivity contribution in [1.29, 1.82) is 0 Å². The standard InChI is InChI=1S/C34H38FN7O3/c1-38-11-13-40(14-12-38)24-7-10-31(36-19-24)37-28-17-23(20-39(2)33(28)44)25-8-9-27(35)32(26(25)21-43)42-16-15-41-29-6-4-3-5-22(29)18-30(41)34(42)45/h7-10,17-20,43H,3-6,11-16,21H2,1-2H3,(H,36,37). The van der Waals surface area contributed by atoms with Crippen molar-refractivity contribution < 1.29 is 14.3 Å². The first-order valence-electron chi connectivity index (χ1n) is 15.7. The van der Waals surface area contributed by atoms with Crippen LogP contribution >= 0.6 is 0 Å². The number of rotatable bonds is 6. The monoisotopic (exact) mass is 611 g/mol. The van der Waals surface area contributed by atoms with Crippen LogP contribution < -0.4 is 20.7 Å². The van der Waals surface area contributed by atoms with Crippen molar-refractivity contribution >= 4 is 28.8 Å². The Labute approximate surface area is 261 Å². The summed E-state index contributed by atoms with van der Waals surface area (Å²) in [7, 11) is 3.76. The van der Waals surface area contributed by atoms with Crippen molar-refractivity contribution in [2.45, 2.75) is 38.8 Å². The average Bonchev–Trinajstić information content (AvgIpc) is 3.44. The number of nitrogens with zero attached hydrogens (tertiary/aromatic N) is 6. The topological polar surface area (TPSA) is 98.9 Å². The van der Waals surface area contributed by atoms with Gasteiger partial charge in [-0.05, 0) is 74.2 Å². The minimum atomic E-state index is -0.575. The number of piperazine rings is 1. The van der Waals surface area contributed by atoms with Crippen LogP contribution in [0.15, 0.2) is 53.6 Å². The zero-order valence-electron chi connectivity index (χ0n) is 25.7. The molecule has 0 unspecified atom stereocenters. The van der Waals surface area contributed by atoms with E-state index in [0.717, 1.165) is 57.5 Å². The van der Waals surface area contributed by atoms with Gasteiger partial charge in [0.25, 0.3) is 11.5 Å². The van der Waals surface area contributed by atoms with E-state index in [-0.39, 0.29) is 17.2 Å². The van der Waals surface area contributed by atoms with Gasteiger partial charge in [-0.25, -0.2) is 9.37 Å². The molecule has 10 nitrogen and oxygen atoms in total. The molecule has 1 saturated heterocycles. The lowest BCUT2D eigenvalue weighted by atomic mass is 9.97. The molecule has 11 heteroatoms. The van der Waals surface area contributed by atoms with Crippen molar-refractivity contribution in [3.63, 3.8) is 0 Å². The number of aliphatic hydroxyl groups excluding tert-OH is 1. The number of aliphatic hydroxyl groups is 1. The predicted octanol–water partition coefficient (Wildman–Crippen LogP) is 3.91. The lowest BCUT2D eigenvalue weighted by Crippen LogP contribution is -2.44. The highest BCUT2D eigenvalue weighted by Crippen LogP contribution is 2.37. The lowest BCUT2D eigenvalue weighted by molar-refractivity contribution is 0.0963. The highest BCUT2D eigenvalue weighted by molar-refractivity contribution is 6.07. The molecule has 2 N–H and O–H groups in total. The van der Waals surface area contributed by atoms with Crippen molar-refractivity contribution in [3.8, 4) is 11.1 Å². The highest BCUT2D eigenvalue weighted by Gasteiger charge is 2.33. The fourth-order valence-corrected chi connectivity index (χ4v) is 6.98. The molecule has 7 rings (SSSR count). The SMILES string of the molecule is CN1CCN(c2ccc(Nc3cc(-c4ccc(F)c(N5CCn6c(cc7c6CCCC7)C5=O)c4CO)cn(C)c3=O)nc2)CC1. The number of fused-ring (bicyclic) bond motifs is 3. The van der Waals surface area contributed by atoms with E-state index in [1.165, 1.54) is 26.8 Å². The fourth-order valence-electron chi connectivity index (χ4n) is 6.98. The van der Waals surface area contributed by atoms with E-state index in [1.807, 2.05) is 18.2 Å². The third-order valence-corrected chi connectivity index (χ3v) is 9.45. The van der Waals surface area contributed by atoms with Gasteiger partial charge in [-0.1, -0.05) is 6.07 Å². The molecule has 4 aromatic rings. The molecule has 0 bridgehead atoms. The number of aryl methyl sites for hydroxylation is 2. The summed E-state index contributed by atoms with van der Waals surface area (Å²) in [6.07, 6.45) is 7.58. The molecule has 3 aliphatic rings. The number of pyridine rings is 2. The number of nitrogens with one attached hydrogen (secondary N) is 1. The first-order valence-corrected chi connectivity index (χ1v) is 15.7. The molecular formula is C34H38FN7O3. The van der Waals surface area contributed by atoms with E-state index in [9.17, 15) is 14.7 Å². The quantitative estimate of drug-likeness (QED) is 0.341. The van der Waals surface area contributed by atoms with Gasteiger partial charge in [0.05, 0.1) is 24.2 Å². The predicted molar refractivity (Wildman–Crippen MR) is 173 cm³/mol. The minimum Gasteiger partial charge on any atom is -0.392 e. The second kappa shape index (κ2) is 11.8. The van der Waals surface area contributed by atoms with Gasteiger partial charge >= 0.3 is 0 Å². The van der Waals surface area contributed by atoms with Crippen molar-refractivity contribution in [1.82, 2.24) is 19.0 Å². The number of anilines is 4. The van der Waals surface area contributed by atoms with Gasteiger partial charge in [0, 0.05) is 69.3 Å². The molecule has 2 aliphatic heterocycles. The van der Waals surface area contributed by atoms with Crippen LogP contribution in [0.2, 0.25) is 0 Å². The maximum absolute atomic E-state index is 15.6. The van der Waals surface area contributed by atoms with Gasteiger partial charge in [-0.3, -0.25) is 9.59 Å². The third kappa shape index (κ3) is 5.29. The largest absolute Gasteiger partial charge is 0.392 e. The average molecular weight is 612 g/mol. The van der Waals surface area contributed by atoms with Gasteiger partial charge in [0.2, 0.25) is 0 Å². The first-order chi connectivity index (χ1) is 21.8. The summed E-state index contributed by atoms with van der Waals surface area (Å²) < 4.78 is 19.1. The Morgan fingerprint density at radius 2 is 1.76 bits per heavy atom. The number of halogens is 1. The Morgan fingerprint density at radius 1 is 0.956 bits per heavy atom. The molecule has 0 atom stereocenters. The van der Waals surface area contributed by atoms with Crippen LogP contribution in [0.1, 0.15) is 40.2 Å². The Balaban J connectivity index is 1.20. The van der Waals surface area contributed by atoms with Crippen molar-refractivity contribution in [2.75, 3.05) is 54.9 Å². The second-order valence-corrected chi connectivity index (χ2v) is 12.3. The summed E-state index contributed by atoms with van der Waals surface area (Å²) in [5.74, 6) is -0.321. The molecule has 1 aliphatic carbocycles. The van der Waals surface area contributed by atoms with E-state index in [1.54, 1.807) is 31.6 Å². The second-order valence-electron chi connectivity index (χ2n) is 12.3. The van der Waals surface area contributed by atoms with E-state index < -0.39 is 12.4 Å². The van der Waals surface area contributed by atoms with Crippen LogP contribution in [0.4, 0.5) is 27.3 Å². The molecule has 0 saturated carbocycles. The summed E-state index contributed by atoms with van der Waals surface area (Å²) in [4.78, 5) is 37.6. The maximum Gasteiger partial charge on any atom is 0.275 e. The number of benzene rings is 1. The number of hydrogen-bond donors (Lipinski definition) is 2. The van der Waals surface area contributed by atoms with Crippen LogP contribution in [-0.2, 0) is 33.0 Å². The summed E-state index contributed by atoms with van der Waals surface area (Å²) >= 11 is 0. The Morgan fingerprint density at radius 3 is 2.51 bits per heavy atom. The number of hydrogen-bond acceptors (Lipinski definition) is 7. The molecular weight excluding hydrogens is 573 g/mol. The number of likely N-dealkylation sites (N-methyl/N-ethyl adjacent to an activating group) is 1. The smallest absolute Gasteiger partial charge is 0.275 e. The molecule has 45 heavy (non-hydrogen) atoms. The van der Waals surface area contributed by atoms with Crippen LogP contribution in [0.3, 0.4) is 0 Å². The Bertz CT molecular complexity index is 1820. The van der Waals surface area contributed by atoms with Gasteiger partial charge in [-0.15, -0.1) is 0 Å². The number of carbonyl (C=O) groups is 1. The fraction of sp³-hybridized carbons (Fsp3) is 0.382. The molecule has 1 aromatic carbocycles. The van der Waals surface area contributed by atoms with Crippen molar-refractivity contribution in [2.24, 2.45) is 7.05 Å². The minimum absolute atomic E-state index is 0.0787. The van der Waals surface area contributed by atoms with Crippen LogP contribution in [0.25, 0.3) is 11.1 Å². The zero-order valence-corrected chi connectivity index (χ0v) is 25.7. The van der Waals surface area contributed by atoms with E-state index in [4.69, 9.17) is 0 Å². The number of amides is 1. The lowest BCUT2D eigenvalue weighted by Gasteiger charge is -2.33. The molecule has 234 valence electrons. The van der Waals surface area contributed by atoms with Gasteiger partial charge < -0.3 is 34.3 Å². The number of aromatic nitrogens is 3. The summed E-state index contributed by atoms with van der Waals surface area (Å²) in [5.41, 5.74) is 5.58. The van der Waals surface area contributed by atoms with Crippen LogP contribution in [0.5, 0.6) is 0 Å². The normalized spacial score (nSPS) is 16.9. The third-order valence-electron chi connectivity index (χ3n) is 9.45. The summed E-state index contributed by atoms with van der Waals surface area (Å²) in [6.45, 7) is 4.23. The molecule has 0 spiro atoms. The molecule has 1 fully saturated rings. The Kier molecular flexibility index (Phi) is 7.66. The number of carbonyl (C=O) groups excluding carboxylic acids is 1. The molecule has 5 heterocycles. The zero-order chi connectivity index (χ0) is 31.2. The maximum atomic E-state index is 15.6. The van der Waals surface area contributed by atoms with E-state index in [0.29, 0.717) is 47.0 Å². The molecule has 3 aromatic heterocycles. The van der Waals surface area contributed by atoms with Gasteiger partial charge in [0.1, 0.15) is 23.0 Å². The molecule has 1 amide bonds. The van der Waals surface area contributed by atoms with Crippen molar-refractivity contribution in [3.05, 3.63) is 87.5 Å². The summed E-state index contributed by atoms with van der Waals surface area (Å²) in [5, 5.41) is 13.7. The van der Waals surface area contributed by atoms with Crippen LogP contribution in [0, 0.1) is 5.82 Å². The highest BCUT2D eigenvalue weighted by atomic mass is 19.1. The van der Waals surface area contributed by atoms with Gasteiger partial charge in [-0.2, -0.15) is 0 Å². The Hall–Kier alpha value is -4.48.